The van der Waals surface area contributed by atoms with E-state index in [9.17, 15) is 4.79 Å². The second kappa shape index (κ2) is 7.21. The SMILES string of the molecule is COC(=O)NCCCn1nc(C(C)NC2CC2)c2cccc(C)c21. The highest BCUT2D eigenvalue weighted by atomic mass is 16.5. The number of carbonyl (C=O) groups excluding carboxylic acids is 1. The lowest BCUT2D eigenvalue weighted by Crippen LogP contribution is -2.25. The first-order valence-electron chi connectivity index (χ1n) is 8.64. The van der Waals surface area contributed by atoms with Gasteiger partial charge in [0.15, 0.2) is 0 Å². The standard InChI is InChI=1S/C18H26N4O2/c1-12-6-4-7-15-16(13(2)20-14-8-9-14)21-22(17(12)15)11-5-10-19-18(23)24-3/h4,6-7,13-14,20H,5,8-11H2,1-3H3,(H,19,23). The van der Waals surface area contributed by atoms with Crippen molar-refractivity contribution in [2.75, 3.05) is 13.7 Å². The molecule has 1 aliphatic carbocycles. The highest BCUT2D eigenvalue weighted by Gasteiger charge is 2.25. The van der Waals surface area contributed by atoms with Crippen LogP contribution >= 0.6 is 0 Å². The number of nitrogens with zero attached hydrogens (tertiary/aromatic N) is 2. The second-order valence-corrected chi connectivity index (χ2v) is 6.51. The molecule has 24 heavy (non-hydrogen) atoms. The number of para-hydroxylation sites is 1. The van der Waals surface area contributed by atoms with Gasteiger partial charge < -0.3 is 15.4 Å². The molecule has 1 amide bonds. The minimum absolute atomic E-state index is 0.247. The van der Waals surface area contributed by atoms with E-state index in [4.69, 9.17) is 5.10 Å². The molecular formula is C18H26N4O2. The Bertz CT molecular complexity index is 721. The summed E-state index contributed by atoms with van der Waals surface area (Å²) in [6.45, 7) is 5.65. The van der Waals surface area contributed by atoms with Gasteiger partial charge in [-0.05, 0) is 38.7 Å². The quantitative estimate of drug-likeness (QED) is 0.766. The Kier molecular flexibility index (Phi) is 5.04. The number of amides is 1. The van der Waals surface area contributed by atoms with Gasteiger partial charge in [0.05, 0.1) is 18.3 Å². The Morgan fingerprint density at radius 3 is 2.96 bits per heavy atom. The monoisotopic (exact) mass is 330 g/mol. The highest BCUT2D eigenvalue weighted by molar-refractivity contribution is 5.85. The smallest absolute Gasteiger partial charge is 0.406 e. The lowest BCUT2D eigenvalue weighted by molar-refractivity contribution is 0.170. The second-order valence-electron chi connectivity index (χ2n) is 6.51. The van der Waals surface area contributed by atoms with E-state index in [1.165, 1.54) is 36.4 Å². The van der Waals surface area contributed by atoms with E-state index < -0.39 is 0 Å². The predicted octanol–water partition coefficient (Wildman–Crippen LogP) is 2.90. The summed E-state index contributed by atoms with van der Waals surface area (Å²) in [5.74, 6) is 0. The van der Waals surface area contributed by atoms with Crippen molar-refractivity contribution in [1.29, 1.82) is 0 Å². The van der Waals surface area contributed by atoms with Gasteiger partial charge in [0, 0.05) is 30.6 Å². The third kappa shape index (κ3) is 3.70. The fraction of sp³-hybridized carbons (Fsp3) is 0.556. The van der Waals surface area contributed by atoms with E-state index in [1.807, 2.05) is 0 Å². The number of carbonyl (C=O) groups is 1. The zero-order chi connectivity index (χ0) is 17.1. The number of benzene rings is 1. The molecule has 0 saturated heterocycles. The number of aromatic nitrogens is 2. The van der Waals surface area contributed by atoms with Crippen LogP contribution in [0.4, 0.5) is 4.79 Å². The molecule has 1 unspecified atom stereocenters. The largest absolute Gasteiger partial charge is 0.453 e. The van der Waals surface area contributed by atoms with Crippen molar-refractivity contribution in [1.82, 2.24) is 20.4 Å². The number of aryl methyl sites for hydroxylation is 2. The first-order valence-corrected chi connectivity index (χ1v) is 8.64. The molecule has 6 nitrogen and oxygen atoms in total. The number of alkyl carbamates (subject to hydrolysis) is 1. The summed E-state index contributed by atoms with van der Waals surface area (Å²) >= 11 is 0. The van der Waals surface area contributed by atoms with Crippen molar-refractivity contribution in [2.45, 2.75) is 51.7 Å². The normalized spacial score (nSPS) is 15.5. The zero-order valence-electron chi connectivity index (χ0n) is 14.6. The van der Waals surface area contributed by atoms with E-state index in [2.05, 4.69) is 52.1 Å². The molecule has 130 valence electrons. The van der Waals surface area contributed by atoms with Crippen LogP contribution in [0.1, 0.15) is 43.5 Å². The Balaban J connectivity index is 1.77. The van der Waals surface area contributed by atoms with Gasteiger partial charge in [-0.2, -0.15) is 5.10 Å². The van der Waals surface area contributed by atoms with Crippen molar-refractivity contribution >= 4 is 17.0 Å². The van der Waals surface area contributed by atoms with E-state index in [0.717, 1.165) is 18.7 Å². The minimum Gasteiger partial charge on any atom is -0.453 e. The molecule has 1 saturated carbocycles. The van der Waals surface area contributed by atoms with Gasteiger partial charge in [-0.25, -0.2) is 4.79 Å². The number of nitrogens with one attached hydrogen (secondary N) is 2. The van der Waals surface area contributed by atoms with Gasteiger partial charge in [0.25, 0.3) is 0 Å². The number of hydrogen-bond donors (Lipinski definition) is 2. The van der Waals surface area contributed by atoms with Crippen LogP contribution in [0, 0.1) is 6.92 Å². The first-order chi connectivity index (χ1) is 11.6. The summed E-state index contributed by atoms with van der Waals surface area (Å²) in [4.78, 5) is 11.1. The van der Waals surface area contributed by atoms with Crippen LogP contribution in [-0.2, 0) is 11.3 Å². The number of fused-ring (bicyclic) bond motifs is 1. The average Bonchev–Trinajstić information content (AvgIpc) is 3.30. The van der Waals surface area contributed by atoms with Crippen molar-refractivity contribution < 1.29 is 9.53 Å². The van der Waals surface area contributed by atoms with Gasteiger partial charge in [0.1, 0.15) is 0 Å². The van der Waals surface area contributed by atoms with Gasteiger partial charge in [0.2, 0.25) is 0 Å². The average molecular weight is 330 g/mol. The van der Waals surface area contributed by atoms with Crippen LogP contribution in [0.25, 0.3) is 10.9 Å². The van der Waals surface area contributed by atoms with Gasteiger partial charge in [-0.1, -0.05) is 18.2 Å². The summed E-state index contributed by atoms with van der Waals surface area (Å²) in [7, 11) is 1.38. The lowest BCUT2D eigenvalue weighted by atomic mass is 10.1. The number of methoxy groups -OCH3 is 1. The molecule has 2 N–H and O–H groups in total. The molecule has 1 heterocycles. The topological polar surface area (TPSA) is 68.2 Å². The zero-order valence-corrected chi connectivity index (χ0v) is 14.6. The van der Waals surface area contributed by atoms with E-state index >= 15 is 0 Å². The van der Waals surface area contributed by atoms with Gasteiger partial charge in [-0.3, -0.25) is 4.68 Å². The third-order valence-corrected chi connectivity index (χ3v) is 4.47. The van der Waals surface area contributed by atoms with E-state index in [-0.39, 0.29) is 12.1 Å². The van der Waals surface area contributed by atoms with E-state index in [1.54, 1.807) is 0 Å². The minimum atomic E-state index is -0.389. The summed E-state index contributed by atoms with van der Waals surface area (Å²) in [6.07, 6.45) is 2.95. The summed E-state index contributed by atoms with van der Waals surface area (Å²) in [5, 5.41) is 12.4. The molecule has 0 radical (unpaired) electrons. The van der Waals surface area contributed by atoms with Crippen molar-refractivity contribution in [3.8, 4) is 0 Å². The Hall–Kier alpha value is -2.08. The summed E-state index contributed by atoms with van der Waals surface area (Å²) in [5.41, 5.74) is 3.53. The van der Waals surface area contributed by atoms with Gasteiger partial charge in [-0.15, -0.1) is 0 Å². The number of rotatable bonds is 7. The highest BCUT2D eigenvalue weighted by Crippen LogP contribution is 2.29. The van der Waals surface area contributed by atoms with Gasteiger partial charge >= 0.3 is 6.09 Å². The molecule has 1 aliphatic rings. The van der Waals surface area contributed by atoms with Crippen molar-refractivity contribution in [3.05, 3.63) is 29.5 Å². The number of hydrogen-bond acceptors (Lipinski definition) is 4. The van der Waals surface area contributed by atoms with Crippen LogP contribution < -0.4 is 10.6 Å². The molecule has 1 fully saturated rings. The first kappa shape index (κ1) is 16.8. The molecule has 1 aromatic heterocycles. The molecule has 6 heteroatoms. The molecule has 0 spiro atoms. The number of ether oxygens (including phenoxy) is 1. The molecule has 1 atom stereocenters. The fourth-order valence-electron chi connectivity index (χ4n) is 3.10. The lowest BCUT2D eigenvalue weighted by Gasteiger charge is -2.10. The van der Waals surface area contributed by atoms with Crippen molar-refractivity contribution in [3.63, 3.8) is 0 Å². The van der Waals surface area contributed by atoms with Crippen LogP contribution in [0.3, 0.4) is 0 Å². The molecule has 1 aromatic carbocycles. The molecule has 0 bridgehead atoms. The fourth-order valence-corrected chi connectivity index (χ4v) is 3.10. The summed E-state index contributed by atoms with van der Waals surface area (Å²) in [6, 6.07) is 7.26. The van der Waals surface area contributed by atoms with Crippen LogP contribution in [0.15, 0.2) is 18.2 Å². The third-order valence-electron chi connectivity index (χ3n) is 4.47. The van der Waals surface area contributed by atoms with Crippen LogP contribution in [0.2, 0.25) is 0 Å². The molecular weight excluding hydrogens is 304 g/mol. The Morgan fingerprint density at radius 1 is 1.46 bits per heavy atom. The predicted molar refractivity (Wildman–Crippen MR) is 94.1 cm³/mol. The molecule has 2 aromatic rings. The molecule has 3 rings (SSSR count). The maximum atomic E-state index is 11.1. The summed E-state index contributed by atoms with van der Waals surface area (Å²) < 4.78 is 6.66. The van der Waals surface area contributed by atoms with Crippen LogP contribution in [0.5, 0.6) is 0 Å². The van der Waals surface area contributed by atoms with Crippen molar-refractivity contribution in [2.24, 2.45) is 0 Å². The maximum absolute atomic E-state index is 11.1. The molecule has 0 aliphatic heterocycles. The maximum Gasteiger partial charge on any atom is 0.406 e. The Labute approximate surface area is 142 Å². The van der Waals surface area contributed by atoms with E-state index in [0.29, 0.717) is 12.6 Å². The Morgan fingerprint density at radius 2 is 2.25 bits per heavy atom. The van der Waals surface area contributed by atoms with Crippen LogP contribution in [-0.4, -0.2) is 35.6 Å².